The van der Waals surface area contributed by atoms with Crippen LogP contribution in [0.4, 0.5) is 0 Å². The highest BCUT2D eigenvalue weighted by Gasteiger charge is 2.28. The van der Waals surface area contributed by atoms with Gasteiger partial charge < -0.3 is 15.0 Å². The van der Waals surface area contributed by atoms with Gasteiger partial charge in [0.1, 0.15) is 0 Å². The molecule has 0 unspecified atom stereocenters. The van der Waals surface area contributed by atoms with Crippen LogP contribution in [0.1, 0.15) is 31.5 Å². The number of thiazole rings is 1. The van der Waals surface area contributed by atoms with E-state index >= 15 is 0 Å². The minimum absolute atomic E-state index is 0. The van der Waals surface area contributed by atoms with E-state index in [2.05, 4.69) is 34.5 Å². The lowest BCUT2D eigenvalue weighted by atomic mass is 10.2. The zero-order valence-electron chi connectivity index (χ0n) is 11.5. The molecule has 0 aromatic carbocycles. The summed E-state index contributed by atoms with van der Waals surface area (Å²) >= 11 is 1.61. The molecule has 0 spiro atoms. The lowest BCUT2D eigenvalue weighted by Gasteiger charge is -2.17. The first kappa shape index (κ1) is 15.4. The number of imidazole rings is 1. The van der Waals surface area contributed by atoms with E-state index in [0.717, 1.165) is 23.1 Å². The maximum Gasteiger partial charge on any atom is 0.169 e. The van der Waals surface area contributed by atoms with E-state index in [1.54, 1.807) is 17.5 Å². The molecule has 0 saturated carbocycles. The van der Waals surface area contributed by atoms with Crippen molar-refractivity contribution < 1.29 is 5.11 Å². The number of nitrogens with zero attached hydrogens (tertiary/aromatic N) is 3. The Kier molecular flexibility index (Phi) is 4.80. The standard InChI is InChI=1S/C13H18N4OS.ClH/c1-8(2)9-7-19-13(16-9)12-15-3-4-17(12)10-5-14-6-11(10)18;/h3-4,7-8,10-11,14,18H,5-6H2,1-2H3;1H/t10-,11+;/m1./s1. The Morgan fingerprint density at radius 1 is 1.45 bits per heavy atom. The first-order valence-electron chi connectivity index (χ1n) is 6.54. The van der Waals surface area contributed by atoms with E-state index < -0.39 is 0 Å². The molecule has 7 heteroatoms. The van der Waals surface area contributed by atoms with Crippen molar-refractivity contribution in [2.45, 2.75) is 31.9 Å². The van der Waals surface area contributed by atoms with Gasteiger partial charge in [-0.15, -0.1) is 23.7 Å². The maximum atomic E-state index is 10.00. The Bertz CT molecular complexity index is 568. The normalized spacial score (nSPS) is 22.2. The predicted molar refractivity (Wildman–Crippen MR) is 82.6 cm³/mol. The minimum atomic E-state index is -0.363. The fraction of sp³-hybridized carbons (Fsp3) is 0.538. The zero-order valence-corrected chi connectivity index (χ0v) is 13.1. The number of nitrogens with one attached hydrogen (secondary N) is 1. The largest absolute Gasteiger partial charge is 0.390 e. The minimum Gasteiger partial charge on any atom is -0.390 e. The van der Waals surface area contributed by atoms with Crippen LogP contribution in [0.15, 0.2) is 17.8 Å². The van der Waals surface area contributed by atoms with Crippen LogP contribution in [-0.4, -0.2) is 38.8 Å². The van der Waals surface area contributed by atoms with Crippen molar-refractivity contribution in [3.8, 4) is 10.8 Å². The summed E-state index contributed by atoms with van der Waals surface area (Å²) in [7, 11) is 0. The van der Waals surface area contributed by atoms with Gasteiger partial charge in [0.05, 0.1) is 17.8 Å². The van der Waals surface area contributed by atoms with Crippen LogP contribution in [0, 0.1) is 0 Å². The molecule has 0 aliphatic carbocycles. The molecule has 20 heavy (non-hydrogen) atoms. The molecule has 0 bridgehead atoms. The van der Waals surface area contributed by atoms with Crippen LogP contribution in [-0.2, 0) is 0 Å². The number of hydrogen-bond donors (Lipinski definition) is 2. The Hall–Kier alpha value is -0.950. The van der Waals surface area contributed by atoms with Gasteiger partial charge in [0, 0.05) is 30.9 Å². The Labute approximate surface area is 128 Å². The zero-order chi connectivity index (χ0) is 13.4. The van der Waals surface area contributed by atoms with Crippen LogP contribution in [0.25, 0.3) is 10.8 Å². The van der Waals surface area contributed by atoms with Gasteiger partial charge in [-0.1, -0.05) is 13.8 Å². The topological polar surface area (TPSA) is 63.0 Å². The second-order valence-corrected chi connectivity index (χ2v) is 6.04. The third-order valence-corrected chi connectivity index (χ3v) is 4.34. The van der Waals surface area contributed by atoms with Crippen LogP contribution < -0.4 is 5.32 Å². The van der Waals surface area contributed by atoms with Gasteiger partial charge in [-0.25, -0.2) is 9.97 Å². The molecule has 0 amide bonds. The molecule has 2 N–H and O–H groups in total. The molecule has 2 aromatic rings. The summed E-state index contributed by atoms with van der Waals surface area (Å²) in [5, 5.41) is 16.2. The van der Waals surface area contributed by atoms with Crippen molar-refractivity contribution in [2.75, 3.05) is 13.1 Å². The van der Waals surface area contributed by atoms with Gasteiger partial charge in [0.15, 0.2) is 10.8 Å². The predicted octanol–water partition coefficient (Wildman–Crippen LogP) is 2.06. The molecule has 5 nitrogen and oxygen atoms in total. The van der Waals surface area contributed by atoms with E-state index in [1.165, 1.54) is 0 Å². The molecule has 2 atom stereocenters. The van der Waals surface area contributed by atoms with Crippen LogP contribution in [0.5, 0.6) is 0 Å². The molecule has 3 heterocycles. The van der Waals surface area contributed by atoms with Gasteiger partial charge in [-0.05, 0) is 5.92 Å². The van der Waals surface area contributed by atoms with E-state index in [0.29, 0.717) is 12.5 Å². The van der Waals surface area contributed by atoms with Crippen LogP contribution in [0.2, 0.25) is 0 Å². The highest BCUT2D eigenvalue weighted by atomic mass is 35.5. The molecule has 1 saturated heterocycles. The molecule has 3 rings (SSSR count). The lowest BCUT2D eigenvalue weighted by molar-refractivity contribution is 0.151. The van der Waals surface area contributed by atoms with Crippen molar-refractivity contribution >= 4 is 23.7 Å². The van der Waals surface area contributed by atoms with Crippen LogP contribution in [0.3, 0.4) is 0 Å². The second kappa shape index (κ2) is 6.22. The monoisotopic (exact) mass is 314 g/mol. The van der Waals surface area contributed by atoms with Gasteiger partial charge >= 0.3 is 0 Å². The molecule has 110 valence electrons. The molecule has 1 aliphatic rings. The highest BCUT2D eigenvalue weighted by Crippen LogP contribution is 2.29. The molecule has 0 radical (unpaired) electrons. The Balaban J connectivity index is 0.00000147. The molecular weight excluding hydrogens is 296 g/mol. The highest BCUT2D eigenvalue weighted by molar-refractivity contribution is 7.13. The van der Waals surface area contributed by atoms with Crippen molar-refractivity contribution in [3.05, 3.63) is 23.5 Å². The SMILES string of the molecule is CC(C)c1csc(-c2nccn2[C@@H]2CNC[C@@H]2O)n1.Cl. The first-order valence-corrected chi connectivity index (χ1v) is 7.42. The summed E-state index contributed by atoms with van der Waals surface area (Å²) in [6.45, 7) is 5.68. The van der Waals surface area contributed by atoms with Gasteiger partial charge in [0.2, 0.25) is 0 Å². The van der Waals surface area contributed by atoms with E-state index in [4.69, 9.17) is 0 Å². The van der Waals surface area contributed by atoms with Crippen LogP contribution >= 0.6 is 23.7 Å². The Morgan fingerprint density at radius 2 is 2.25 bits per heavy atom. The third kappa shape index (κ3) is 2.74. The summed E-state index contributed by atoms with van der Waals surface area (Å²) in [5.41, 5.74) is 1.10. The fourth-order valence-electron chi connectivity index (χ4n) is 2.34. The van der Waals surface area contributed by atoms with Crippen molar-refractivity contribution in [2.24, 2.45) is 0 Å². The van der Waals surface area contributed by atoms with Gasteiger partial charge in [-0.2, -0.15) is 0 Å². The average Bonchev–Trinajstić information content (AvgIpc) is 3.06. The number of aliphatic hydroxyl groups excluding tert-OH is 1. The van der Waals surface area contributed by atoms with Crippen molar-refractivity contribution in [1.82, 2.24) is 19.9 Å². The summed E-state index contributed by atoms with van der Waals surface area (Å²) < 4.78 is 2.04. The number of β-amino-alcohol motifs (C(OH)–C–C–N with tert-alkyl or cyclic N) is 1. The van der Waals surface area contributed by atoms with E-state index in [-0.39, 0.29) is 24.6 Å². The maximum absolute atomic E-state index is 10.00. The third-order valence-electron chi connectivity index (χ3n) is 3.48. The first-order chi connectivity index (χ1) is 9.16. The van der Waals surface area contributed by atoms with E-state index in [1.807, 2.05) is 10.8 Å². The molecule has 1 fully saturated rings. The number of aliphatic hydroxyl groups is 1. The Morgan fingerprint density at radius 3 is 2.85 bits per heavy atom. The van der Waals surface area contributed by atoms with Gasteiger partial charge in [-0.3, -0.25) is 0 Å². The summed E-state index contributed by atoms with van der Waals surface area (Å²) in [6, 6.07) is 0.0453. The number of aromatic nitrogens is 3. The molecule has 1 aliphatic heterocycles. The smallest absolute Gasteiger partial charge is 0.169 e. The second-order valence-electron chi connectivity index (χ2n) is 5.18. The molecule has 2 aromatic heterocycles. The summed E-state index contributed by atoms with van der Waals surface area (Å²) in [6.07, 6.45) is 3.33. The lowest BCUT2D eigenvalue weighted by Crippen LogP contribution is -2.22. The van der Waals surface area contributed by atoms with E-state index in [9.17, 15) is 5.11 Å². The number of rotatable bonds is 3. The van der Waals surface area contributed by atoms with Gasteiger partial charge in [0.25, 0.3) is 0 Å². The quantitative estimate of drug-likeness (QED) is 0.910. The number of halogens is 1. The molecular formula is C13H19ClN4OS. The average molecular weight is 315 g/mol. The van der Waals surface area contributed by atoms with Crippen molar-refractivity contribution in [1.29, 1.82) is 0 Å². The summed E-state index contributed by atoms with van der Waals surface area (Å²) in [5.74, 6) is 1.27. The number of hydrogen-bond acceptors (Lipinski definition) is 5. The fourth-order valence-corrected chi connectivity index (χ4v) is 3.31. The summed E-state index contributed by atoms with van der Waals surface area (Å²) in [4.78, 5) is 9.05. The van der Waals surface area contributed by atoms with Crippen molar-refractivity contribution in [3.63, 3.8) is 0 Å².